The van der Waals surface area contributed by atoms with E-state index in [0.29, 0.717) is 31.2 Å². The second-order valence-electron chi connectivity index (χ2n) is 6.85. The molecule has 1 fully saturated rings. The Hall–Kier alpha value is -2.72. The molecule has 6 nitrogen and oxygen atoms in total. The van der Waals surface area contributed by atoms with E-state index in [1.165, 1.54) is 29.2 Å². The molecule has 0 aromatic heterocycles. The number of amides is 1. The lowest BCUT2D eigenvalue weighted by Gasteiger charge is -2.14. The van der Waals surface area contributed by atoms with Crippen LogP contribution in [0.3, 0.4) is 0 Å². The van der Waals surface area contributed by atoms with Crippen LogP contribution in [-0.4, -0.2) is 15.2 Å². The molecule has 3 aromatic rings. The molecule has 1 saturated heterocycles. The number of nitro benzene ring substituents is 1. The Morgan fingerprint density at radius 1 is 1.15 bits per heavy atom. The maximum atomic E-state index is 13.1. The van der Waals surface area contributed by atoms with E-state index in [1.807, 2.05) is 36.4 Å². The van der Waals surface area contributed by atoms with Gasteiger partial charge < -0.3 is 4.74 Å². The maximum absolute atomic E-state index is 13.1. The highest BCUT2D eigenvalue weighted by atomic mass is 79.9. The van der Waals surface area contributed by atoms with Gasteiger partial charge in [0.15, 0.2) is 4.32 Å². The van der Waals surface area contributed by atoms with Crippen LogP contribution < -0.4 is 9.64 Å². The average Bonchev–Trinajstić information content (AvgIpc) is 3.07. The Labute approximate surface area is 212 Å². The van der Waals surface area contributed by atoms with Crippen molar-refractivity contribution in [3.63, 3.8) is 0 Å². The summed E-state index contributed by atoms with van der Waals surface area (Å²) in [7, 11) is 0. The van der Waals surface area contributed by atoms with Crippen molar-refractivity contribution in [1.82, 2.24) is 0 Å². The van der Waals surface area contributed by atoms with Gasteiger partial charge in [-0.05, 0) is 42.5 Å². The third kappa shape index (κ3) is 5.27. The molecule has 0 bridgehead atoms. The summed E-state index contributed by atoms with van der Waals surface area (Å²) in [6.45, 7) is 0.270. The predicted molar refractivity (Wildman–Crippen MR) is 139 cm³/mol. The maximum Gasteiger partial charge on any atom is 0.270 e. The lowest BCUT2D eigenvalue weighted by molar-refractivity contribution is -0.384. The number of thioether (sulfide) groups is 1. The Balaban J connectivity index is 1.60. The first-order valence-electron chi connectivity index (χ1n) is 9.51. The molecular formula is C23H14BrClN2O4S2. The van der Waals surface area contributed by atoms with E-state index in [0.717, 1.165) is 21.8 Å². The van der Waals surface area contributed by atoms with Crippen molar-refractivity contribution in [3.8, 4) is 5.75 Å². The predicted octanol–water partition coefficient (Wildman–Crippen LogP) is 7.00. The Morgan fingerprint density at radius 2 is 1.88 bits per heavy atom. The van der Waals surface area contributed by atoms with Crippen LogP contribution in [-0.2, 0) is 11.4 Å². The van der Waals surface area contributed by atoms with E-state index in [2.05, 4.69) is 15.9 Å². The number of rotatable bonds is 6. The molecule has 0 unspecified atom stereocenters. The minimum atomic E-state index is -0.495. The fraction of sp³-hybridized carbons (Fsp3) is 0.0435. The zero-order chi connectivity index (χ0) is 23.5. The molecule has 1 amide bonds. The zero-order valence-corrected chi connectivity index (χ0v) is 20.7. The molecule has 33 heavy (non-hydrogen) atoms. The third-order valence-electron chi connectivity index (χ3n) is 4.71. The summed E-state index contributed by atoms with van der Waals surface area (Å²) >= 11 is 16.2. The van der Waals surface area contributed by atoms with E-state index in [4.69, 9.17) is 28.6 Å². The number of non-ortho nitro benzene ring substituents is 1. The number of nitro groups is 1. The van der Waals surface area contributed by atoms with E-state index < -0.39 is 4.92 Å². The van der Waals surface area contributed by atoms with Gasteiger partial charge in [0.1, 0.15) is 12.4 Å². The lowest BCUT2D eigenvalue weighted by Crippen LogP contribution is -2.27. The Morgan fingerprint density at radius 3 is 2.58 bits per heavy atom. The number of hydrogen-bond acceptors (Lipinski definition) is 6. The zero-order valence-electron chi connectivity index (χ0n) is 16.7. The molecule has 0 atom stereocenters. The van der Waals surface area contributed by atoms with Crippen LogP contribution in [0.2, 0.25) is 5.02 Å². The lowest BCUT2D eigenvalue weighted by atomic mass is 10.1. The van der Waals surface area contributed by atoms with Crippen molar-refractivity contribution in [2.45, 2.75) is 6.61 Å². The van der Waals surface area contributed by atoms with Crippen molar-refractivity contribution in [3.05, 3.63) is 102 Å². The van der Waals surface area contributed by atoms with Crippen molar-refractivity contribution >= 4 is 79.2 Å². The summed E-state index contributed by atoms with van der Waals surface area (Å²) < 4.78 is 7.16. The normalized spacial score (nSPS) is 14.7. The van der Waals surface area contributed by atoms with Gasteiger partial charge >= 0.3 is 0 Å². The molecular weight excluding hydrogens is 548 g/mol. The highest BCUT2D eigenvalue weighted by Crippen LogP contribution is 2.38. The summed E-state index contributed by atoms with van der Waals surface area (Å²) in [5.41, 5.74) is 1.95. The molecule has 3 aromatic carbocycles. The minimum absolute atomic E-state index is 0.0609. The molecule has 0 N–H and O–H groups in total. The quantitative estimate of drug-likeness (QED) is 0.140. The van der Waals surface area contributed by atoms with Gasteiger partial charge in [-0.1, -0.05) is 69.7 Å². The van der Waals surface area contributed by atoms with Crippen LogP contribution in [0.4, 0.5) is 11.4 Å². The number of benzene rings is 3. The van der Waals surface area contributed by atoms with Crippen LogP contribution in [0, 0.1) is 10.1 Å². The first kappa shape index (κ1) is 23.4. The number of halogens is 2. The van der Waals surface area contributed by atoms with Crippen LogP contribution in [0.1, 0.15) is 11.1 Å². The number of thiocarbonyl (C=S) groups is 1. The Bertz CT molecular complexity index is 1300. The summed E-state index contributed by atoms with van der Waals surface area (Å²) in [4.78, 5) is 25.3. The van der Waals surface area contributed by atoms with E-state index in [9.17, 15) is 14.9 Å². The van der Waals surface area contributed by atoms with E-state index in [-0.39, 0.29) is 18.2 Å². The minimum Gasteiger partial charge on any atom is -0.488 e. The van der Waals surface area contributed by atoms with E-state index in [1.54, 1.807) is 12.1 Å². The molecule has 10 heteroatoms. The van der Waals surface area contributed by atoms with Crippen molar-refractivity contribution < 1.29 is 14.5 Å². The number of ether oxygens (including phenoxy) is 1. The molecule has 1 aliphatic rings. The second-order valence-corrected chi connectivity index (χ2v) is 9.85. The van der Waals surface area contributed by atoms with Gasteiger partial charge in [0, 0.05) is 32.8 Å². The molecule has 166 valence electrons. The third-order valence-corrected chi connectivity index (χ3v) is 6.88. The molecule has 0 aliphatic carbocycles. The van der Waals surface area contributed by atoms with Gasteiger partial charge in [-0.15, -0.1) is 0 Å². The first-order chi connectivity index (χ1) is 15.8. The van der Waals surface area contributed by atoms with E-state index >= 15 is 0 Å². The van der Waals surface area contributed by atoms with Crippen molar-refractivity contribution in [1.29, 1.82) is 0 Å². The molecule has 1 aliphatic heterocycles. The van der Waals surface area contributed by atoms with Gasteiger partial charge in [0.25, 0.3) is 11.6 Å². The second kappa shape index (κ2) is 10.0. The van der Waals surface area contributed by atoms with Gasteiger partial charge in [-0.2, -0.15) is 0 Å². The Kier molecular flexibility index (Phi) is 7.14. The smallest absolute Gasteiger partial charge is 0.270 e. The van der Waals surface area contributed by atoms with Gasteiger partial charge in [-0.3, -0.25) is 19.8 Å². The topological polar surface area (TPSA) is 72.7 Å². The fourth-order valence-electron chi connectivity index (χ4n) is 3.09. The number of carbonyl (C=O) groups is 1. The number of anilines is 1. The molecule has 0 radical (unpaired) electrons. The number of hydrogen-bond donors (Lipinski definition) is 0. The molecule has 0 saturated carbocycles. The average molecular weight is 562 g/mol. The van der Waals surface area contributed by atoms with Crippen molar-refractivity contribution in [2.75, 3.05) is 4.90 Å². The highest BCUT2D eigenvalue weighted by molar-refractivity contribution is 9.10. The molecule has 1 heterocycles. The fourth-order valence-corrected chi connectivity index (χ4v) is 4.95. The number of carbonyl (C=O) groups excluding carboxylic acids is 1. The van der Waals surface area contributed by atoms with Gasteiger partial charge in [-0.25, -0.2) is 0 Å². The summed E-state index contributed by atoms with van der Waals surface area (Å²) in [6, 6.07) is 18.6. The van der Waals surface area contributed by atoms with Crippen LogP contribution >= 0.6 is 51.5 Å². The standard InChI is InChI=1S/C23H14BrClN2O4S2/c24-16-5-10-20(31-13-14-3-1-2-4-19(14)25)15(11-16)12-21-22(28)26(23(32)33-21)17-6-8-18(9-7-17)27(29)30/h1-12H,13H2/b21-12-. The van der Waals surface area contributed by atoms with Crippen LogP contribution in [0.15, 0.2) is 76.1 Å². The van der Waals surface area contributed by atoms with Crippen LogP contribution in [0.25, 0.3) is 6.08 Å². The molecule has 0 spiro atoms. The summed E-state index contributed by atoms with van der Waals surface area (Å²) in [5.74, 6) is 0.273. The van der Waals surface area contributed by atoms with Crippen molar-refractivity contribution in [2.24, 2.45) is 0 Å². The molecule has 4 rings (SSSR count). The summed E-state index contributed by atoms with van der Waals surface area (Å²) in [5, 5.41) is 11.5. The summed E-state index contributed by atoms with van der Waals surface area (Å²) in [6.07, 6.45) is 1.72. The SMILES string of the molecule is O=C1/C(=C/c2cc(Br)ccc2OCc2ccccc2Cl)SC(=S)N1c1ccc([N+](=O)[O-])cc1. The number of nitrogens with zero attached hydrogens (tertiary/aromatic N) is 2. The first-order valence-corrected chi connectivity index (χ1v) is 11.9. The van der Waals surface area contributed by atoms with Crippen LogP contribution in [0.5, 0.6) is 5.75 Å². The monoisotopic (exact) mass is 560 g/mol. The van der Waals surface area contributed by atoms with Gasteiger partial charge in [0.2, 0.25) is 0 Å². The largest absolute Gasteiger partial charge is 0.488 e. The van der Waals surface area contributed by atoms with Gasteiger partial charge in [0.05, 0.1) is 15.5 Å². The highest BCUT2D eigenvalue weighted by Gasteiger charge is 2.33.